The van der Waals surface area contributed by atoms with Gasteiger partial charge in [0, 0.05) is 4.47 Å². The van der Waals surface area contributed by atoms with Gasteiger partial charge in [-0.1, -0.05) is 6.07 Å². The van der Waals surface area contributed by atoms with Gasteiger partial charge in [-0.05, 0) is 28.1 Å². The molecule has 8 heteroatoms. The number of hydrazine groups is 1. The second-order valence-corrected chi connectivity index (χ2v) is 4.64. The fourth-order valence-electron chi connectivity index (χ4n) is 1.54. The maximum absolute atomic E-state index is 12.4. The molecule has 0 unspecified atom stereocenters. The zero-order valence-electron chi connectivity index (χ0n) is 10.9. The predicted molar refractivity (Wildman–Crippen MR) is 77.4 cm³/mol. The molecule has 0 aliphatic carbocycles. The van der Waals surface area contributed by atoms with Gasteiger partial charge in [-0.25, -0.2) is 5.43 Å². The largest absolute Gasteiger partial charge is 0.481 e. The number of halogens is 1. The Hall–Kier alpha value is -2.22. The number of anilines is 1. The molecule has 0 saturated carbocycles. The molecule has 1 aliphatic rings. The third kappa shape index (κ3) is 2.69. The lowest BCUT2D eigenvalue weighted by atomic mass is 10.2. The average Bonchev–Trinajstić information content (AvgIpc) is 2.48. The van der Waals surface area contributed by atoms with E-state index in [0.717, 1.165) is 5.12 Å². The highest BCUT2D eigenvalue weighted by Crippen LogP contribution is 2.24. The molecule has 3 N–H and O–H groups in total. The van der Waals surface area contributed by atoms with Crippen LogP contribution in [0.25, 0.3) is 0 Å². The second kappa shape index (κ2) is 5.83. The molecular weight excluding hydrogens is 328 g/mol. The van der Waals surface area contributed by atoms with Crippen molar-refractivity contribution >= 4 is 33.4 Å². The molecule has 0 atom stereocenters. The molecule has 2 rings (SSSR count). The number of ether oxygens (including phenoxy) is 2. The van der Waals surface area contributed by atoms with Crippen LogP contribution in [0.5, 0.6) is 0 Å². The molecule has 0 fully saturated rings. The fourth-order valence-corrected chi connectivity index (χ4v) is 1.91. The van der Waals surface area contributed by atoms with E-state index in [9.17, 15) is 4.79 Å². The SMILES string of the molecule is COC1=CC(OC)=NN(C(=O)c2cccc(Br)c2N)N1. The van der Waals surface area contributed by atoms with Crippen molar-refractivity contribution < 1.29 is 14.3 Å². The Morgan fingerprint density at radius 2 is 2.15 bits per heavy atom. The molecule has 1 heterocycles. The van der Waals surface area contributed by atoms with Gasteiger partial charge in [-0.2, -0.15) is 0 Å². The lowest BCUT2D eigenvalue weighted by Gasteiger charge is -2.24. The van der Waals surface area contributed by atoms with Crippen molar-refractivity contribution in [1.29, 1.82) is 0 Å². The molecule has 0 radical (unpaired) electrons. The van der Waals surface area contributed by atoms with Gasteiger partial charge in [0.2, 0.25) is 11.8 Å². The summed E-state index contributed by atoms with van der Waals surface area (Å²) in [5.41, 5.74) is 9.22. The minimum atomic E-state index is -0.430. The van der Waals surface area contributed by atoms with Crippen molar-refractivity contribution in [2.24, 2.45) is 5.10 Å². The number of nitrogens with zero attached hydrogens (tertiary/aromatic N) is 2. The van der Waals surface area contributed by atoms with Crippen molar-refractivity contribution in [3.05, 3.63) is 40.2 Å². The summed E-state index contributed by atoms with van der Waals surface area (Å²) in [6.45, 7) is 0. The van der Waals surface area contributed by atoms with Crippen LogP contribution in [-0.2, 0) is 9.47 Å². The van der Waals surface area contributed by atoms with Gasteiger partial charge in [-0.15, -0.1) is 10.2 Å². The summed E-state index contributed by atoms with van der Waals surface area (Å²) >= 11 is 3.28. The predicted octanol–water partition coefficient (Wildman–Crippen LogP) is 1.44. The minimum Gasteiger partial charge on any atom is -0.481 e. The third-order valence-electron chi connectivity index (χ3n) is 2.57. The summed E-state index contributed by atoms with van der Waals surface area (Å²) < 4.78 is 10.7. The second-order valence-electron chi connectivity index (χ2n) is 3.78. The molecule has 106 valence electrons. The Morgan fingerprint density at radius 3 is 2.80 bits per heavy atom. The molecule has 1 aromatic carbocycles. The zero-order chi connectivity index (χ0) is 14.7. The van der Waals surface area contributed by atoms with Gasteiger partial charge in [-0.3, -0.25) is 4.79 Å². The van der Waals surface area contributed by atoms with Gasteiger partial charge in [0.1, 0.15) is 0 Å². The average molecular weight is 341 g/mol. The maximum Gasteiger partial charge on any atom is 0.295 e. The van der Waals surface area contributed by atoms with Crippen molar-refractivity contribution in [1.82, 2.24) is 10.5 Å². The Bertz CT molecular complexity index is 600. The first-order valence-electron chi connectivity index (χ1n) is 5.60. The van der Waals surface area contributed by atoms with Gasteiger partial charge in [0.15, 0.2) is 0 Å². The molecule has 0 bridgehead atoms. The number of carbonyl (C=O) groups excluding carboxylic acids is 1. The zero-order valence-corrected chi connectivity index (χ0v) is 12.5. The van der Waals surface area contributed by atoms with E-state index >= 15 is 0 Å². The smallest absolute Gasteiger partial charge is 0.295 e. The first-order chi connectivity index (χ1) is 9.56. The van der Waals surface area contributed by atoms with Crippen LogP contribution in [0, 0.1) is 0 Å². The normalized spacial score (nSPS) is 14.1. The highest BCUT2D eigenvalue weighted by atomic mass is 79.9. The van der Waals surface area contributed by atoms with Crippen LogP contribution in [0.4, 0.5) is 5.69 Å². The number of hydrogen-bond acceptors (Lipinski definition) is 6. The lowest BCUT2D eigenvalue weighted by Crippen LogP contribution is -2.42. The van der Waals surface area contributed by atoms with E-state index in [0.29, 0.717) is 21.6 Å². The highest BCUT2D eigenvalue weighted by Gasteiger charge is 2.23. The van der Waals surface area contributed by atoms with Crippen molar-refractivity contribution in [3.63, 3.8) is 0 Å². The fraction of sp³-hybridized carbons (Fsp3) is 0.167. The number of benzene rings is 1. The van der Waals surface area contributed by atoms with E-state index in [-0.39, 0.29) is 5.90 Å². The van der Waals surface area contributed by atoms with Crippen LogP contribution in [-0.4, -0.2) is 31.1 Å². The van der Waals surface area contributed by atoms with Crippen molar-refractivity contribution in [3.8, 4) is 0 Å². The number of carbonyl (C=O) groups is 1. The van der Waals surface area contributed by atoms with Crippen LogP contribution < -0.4 is 11.2 Å². The number of nitrogen functional groups attached to an aromatic ring is 1. The van der Waals surface area contributed by atoms with E-state index in [1.54, 1.807) is 18.2 Å². The molecule has 1 amide bonds. The van der Waals surface area contributed by atoms with Crippen molar-refractivity contribution in [2.75, 3.05) is 20.0 Å². The van der Waals surface area contributed by atoms with Gasteiger partial charge in [0.05, 0.1) is 31.5 Å². The third-order valence-corrected chi connectivity index (χ3v) is 3.27. The maximum atomic E-state index is 12.4. The molecule has 1 aromatic rings. The van der Waals surface area contributed by atoms with Crippen LogP contribution in [0.1, 0.15) is 10.4 Å². The quantitative estimate of drug-likeness (QED) is 0.795. The van der Waals surface area contributed by atoms with Gasteiger partial charge >= 0.3 is 0 Å². The Morgan fingerprint density at radius 1 is 1.40 bits per heavy atom. The Labute approximate surface area is 124 Å². The molecular formula is C12H13BrN4O3. The molecule has 1 aliphatic heterocycles. The molecule has 0 saturated heterocycles. The van der Waals surface area contributed by atoms with Gasteiger partial charge < -0.3 is 15.2 Å². The van der Waals surface area contributed by atoms with Crippen molar-refractivity contribution in [2.45, 2.75) is 0 Å². The minimum absolute atomic E-state index is 0.238. The molecule has 7 nitrogen and oxygen atoms in total. The standard InChI is InChI=1S/C12H13BrN4O3/c1-19-9-6-10(20-2)16-17(15-9)12(18)7-4-3-5-8(13)11(7)14/h3-6,15H,14H2,1-2H3. The number of methoxy groups -OCH3 is 2. The summed E-state index contributed by atoms with van der Waals surface area (Å²) in [7, 11) is 2.91. The van der Waals surface area contributed by atoms with E-state index in [1.807, 2.05) is 0 Å². The summed E-state index contributed by atoms with van der Waals surface area (Å²) in [6.07, 6.45) is 1.52. The number of para-hydroxylation sites is 1. The monoisotopic (exact) mass is 340 g/mol. The number of rotatable bonds is 2. The number of nitrogens with two attached hydrogens (primary N) is 1. The Kier molecular flexibility index (Phi) is 4.14. The molecule has 0 aromatic heterocycles. The van der Waals surface area contributed by atoms with E-state index in [4.69, 9.17) is 15.2 Å². The summed E-state index contributed by atoms with van der Waals surface area (Å²) in [5, 5.41) is 5.00. The first kappa shape index (κ1) is 14.2. The Balaban J connectivity index is 2.32. The van der Waals surface area contributed by atoms with Crippen LogP contribution in [0.2, 0.25) is 0 Å². The van der Waals surface area contributed by atoms with E-state index < -0.39 is 5.91 Å². The topological polar surface area (TPSA) is 89.2 Å². The van der Waals surface area contributed by atoms with Gasteiger partial charge in [0.25, 0.3) is 5.91 Å². The van der Waals surface area contributed by atoms with E-state index in [2.05, 4.69) is 26.5 Å². The summed E-state index contributed by atoms with van der Waals surface area (Å²) in [6, 6.07) is 5.07. The number of hydrogen-bond donors (Lipinski definition) is 2. The first-order valence-corrected chi connectivity index (χ1v) is 6.39. The lowest BCUT2D eigenvalue weighted by molar-refractivity contribution is 0.0608. The highest BCUT2D eigenvalue weighted by molar-refractivity contribution is 9.10. The molecule has 20 heavy (non-hydrogen) atoms. The number of amides is 1. The van der Waals surface area contributed by atoms with E-state index in [1.165, 1.54) is 20.3 Å². The summed E-state index contributed by atoms with van der Waals surface area (Å²) in [4.78, 5) is 12.4. The van der Waals surface area contributed by atoms with Crippen LogP contribution >= 0.6 is 15.9 Å². The number of nitrogens with one attached hydrogen (secondary N) is 1. The summed E-state index contributed by atoms with van der Waals surface area (Å²) in [5.74, 6) is 0.141. The van der Waals surface area contributed by atoms with Crippen LogP contribution in [0.15, 0.2) is 39.7 Å². The van der Waals surface area contributed by atoms with Crippen LogP contribution in [0.3, 0.4) is 0 Å². The molecule has 0 spiro atoms. The number of hydrazone groups is 1.